The van der Waals surface area contributed by atoms with E-state index in [1.54, 1.807) is 0 Å². The molecule has 0 radical (unpaired) electrons. The summed E-state index contributed by atoms with van der Waals surface area (Å²) in [6, 6.07) is 0. The smallest absolute Gasteiger partial charge is 0.323 e. The van der Waals surface area contributed by atoms with Crippen molar-refractivity contribution in [2.75, 3.05) is 0 Å². The molecule has 0 aromatic rings. The van der Waals surface area contributed by atoms with Crippen LogP contribution in [0.5, 0.6) is 0 Å². The van der Waals surface area contributed by atoms with Gasteiger partial charge in [-0.3, -0.25) is 9.59 Å². The Balaban J connectivity index is 2.65. The summed E-state index contributed by atoms with van der Waals surface area (Å²) in [5.41, 5.74) is 4.45. The van der Waals surface area contributed by atoms with Gasteiger partial charge in [-0.05, 0) is 25.7 Å². The van der Waals surface area contributed by atoms with E-state index >= 15 is 0 Å². The second kappa shape index (κ2) is 3.96. The fourth-order valence-corrected chi connectivity index (χ4v) is 1.83. The Morgan fingerprint density at radius 3 is 2.36 bits per heavy atom. The van der Waals surface area contributed by atoms with Gasteiger partial charge in [0.05, 0.1) is 5.92 Å². The predicted molar refractivity (Wildman–Crippen MR) is 48.8 cm³/mol. The monoisotopic (exact) mass is 201 g/mol. The van der Waals surface area contributed by atoms with Gasteiger partial charge >= 0.3 is 11.9 Å². The van der Waals surface area contributed by atoms with Crippen molar-refractivity contribution in [1.82, 2.24) is 0 Å². The molecule has 4 N–H and O–H groups in total. The SMILES string of the molecule is N[C@@]1(C(=O)O)CCC[C@H](C(=O)O)CC1. The molecule has 0 saturated heterocycles. The molecular formula is C9H15NO4. The van der Waals surface area contributed by atoms with Crippen molar-refractivity contribution < 1.29 is 19.8 Å². The van der Waals surface area contributed by atoms with E-state index in [-0.39, 0.29) is 6.42 Å². The molecule has 0 amide bonds. The Bertz CT molecular complexity index is 253. The van der Waals surface area contributed by atoms with Crippen molar-refractivity contribution in [3.8, 4) is 0 Å². The summed E-state index contributed by atoms with van der Waals surface area (Å²) in [4.78, 5) is 21.5. The van der Waals surface area contributed by atoms with Gasteiger partial charge in [0.2, 0.25) is 0 Å². The molecule has 0 aliphatic heterocycles. The second-order valence-electron chi connectivity index (χ2n) is 3.93. The lowest BCUT2D eigenvalue weighted by Crippen LogP contribution is -2.47. The van der Waals surface area contributed by atoms with Crippen molar-refractivity contribution >= 4 is 11.9 Å². The average molecular weight is 201 g/mol. The van der Waals surface area contributed by atoms with Gasteiger partial charge in [0.15, 0.2) is 0 Å². The van der Waals surface area contributed by atoms with E-state index in [0.717, 1.165) is 0 Å². The van der Waals surface area contributed by atoms with Gasteiger partial charge in [0, 0.05) is 0 Å². The van der Waals surface area contributed by atoms with E-state index in [2.05, 4.69) is 0 Å². The fraction of sp³-hybridized carbons (Fsp3) is 0.778. The Labute approximate surface area is 81.9 Å². The van der Waals surface area contributed by atoms with Gasteiger partial charge in [0.1, 0.15) is 5.54 Å². The fourth-order valence-electron chi connectivity index (χ4n) is 1.83. The number of carbonyl (C=O) groups is 2. The first kappa shape index (κ1) is 11.0. The van der Waals surface area contributed by atoms with Crippen LogP contribution in [0.25, 0.3) is 0 Å². The molecule has 80 valence electrons. The van der Waals surface area contributed by atoms with Crippen molar-refractivity contribution in [3.05, 3.63) is 0 Å². The Morgan fingerprint density at radius 1 is 1.21 bits per heavy atom. The molecule has 1 fully saturated rings. The third-order valence-electron chi connectivity index (χ3n) is 2.89. The van der Waals surface area contributed by atoms with E-state index in [1.165, 1.54) is 0 Å². The number of nitrogens with two attached hydrogens (primary N) is 1. The maximum absolute atomic E-state index is 10.8. The van der Waals surface area contributed by atoms with Crippen LogP contribution in [0.3, 0.4) is 0 Å². The van der Waals surface area contributed by atoms with Crippen molar-refractivity contribution in [2.24, 2.45) is 11.7 Å². The first-order valence-corrected chi connectivity index (χ1v) is 4.71. The van der Waals surface area contributed by atoms with Crippen LogP contribution in [0.2, 0.25) is 0 Å². The van der Waals surface area contributed by atoms with Gasteiger partial charge in [0.25, 0.3) is 0 Å². The average Bonchev–Trinajstić information content (AvgIpc) is 2.28. The van der Waals surface area contributed by atoms with E-state index in [1.807, 2.05) is 0 Å². The molecule has 0 spiro atoms. The number of hydrogen-bond donors (Lipinski definition) is 3. The standard InChI is InChI=1S/C9H15NO4/c10-9(8(13)14)4-1-2-6(3-5-9)7(11)12/h6H,1-5,10H2,(H,11,12)(H,13,14)/t6-,9-/m0/s1. The maximum atomic E-state index is 10.8. The summed E-state index contributed by atoms with van der Waals surface area (Å²) < 4.78 is 0. The van der Waals surface area contributed by atoms with Crippen LogP contribution in [-0.4, -0.2) is 27.7 Å². The molecule has 1 aliphatic rings. The molecule has 0 bridgehead atoms. The van der Waals surface area contributed by atoms with E-state index in [0.29, 0.717) is 25.7 Å². The van der Waals surface area contributed by atoms with Crippen LogP contribution < -0.4 is 5.73 Å². The minimum absolute atomic E-state index is 0.249. The number of carboxylic acids is 2. The van der Waals surface area contributed by atoms with Gasteiger partial charge < -0.3 is 15.9 Å². The quantitative estimate of drug-likeness (QED) is 0.562. The summed E-state index contributed by atoms with van der Waals surface area (Å²) in [5, 5.41) is 17.7. The van der Waals surface area contributed by atoms with Crippen LogP contribution in [0.1, 0.15) is 32.1 Å². The lowest BCUT2D eigenvalue weighted by molar-refractivity contribution is -0.145. The number of aliphatic carboxylic acids is 2. The predicted octanol–water partition coefficient (Wildman–Crippen LogP) is 0.433. The molecule has 5 nitrogen and oxygen atoms in total. The maximum Gasteiger partial charge on any atom is 0.323 e. The molecule has 1 saturated carbocycles. The third-order valence-corrected chi connectivity index (χ3v) is 2.89. The molecule has 1 aliphatic carbocycles. The van der Waals surface area contributed by atoms with E-state index < -0.39 is 23.4 Å². The first-order valence-electron chi connectivity index (χ1n) is 4.71. The summed E-state index contributed by atoms with van der Waals surface area (Å²) in [6.07, 6.45) is 2.07. The Morgan fingerprint density at radius 2 is 1.86 bits per heavy atom. The molecule has 0 heterocycles. The summed E-state index contributed by atoms with van der Waals surface area (Å²) in [5.74, 6) is -2.30. The molecular weight excluding hydrogens is 186 g/mol. The topological polar surface area (TPSA) is 101 Å². The minimum Gasteiger partial charge on any atom is -0.481 e. The Hall–Kier alpha value is -1.10. The molecule has 0 aromatic heterocycles. The highest BCUT2D eigenvalue weighted by Gasteiger charge is 2.37. The Kier molecular flexibility index (Phi) is 3.10. The van der Waals surface area contributed by atoms with E-state index in [4.69, 9.17) is 15.9 Å². The highest BCUT2D eigenvalue weighted by molar-refractivity contribution is 5.78. The van der Waals surface area contributed by atoms with Gasteiger partial charge in [-0.1, -0.05) is 6.42 Å². The van der Waals surface area contributed by atoms with E-state index in [9.17, 15) is 9.59 Å². The highest BCUT2D eigenvalue weighted by atomic mass is 16.4. The van der Waals surface area contributed by atoms with Crippen LogP contribution in [0.4, 0.5) is 0 Å². The molecule has 2 atom stereocenters. The van der Waals surface area contributed by atoms with Crippen LogP contribution in [-0.2, 0) is 9.59 Å². The zero-order valence-electron chi connectivity index (χ0n) is 7.90. The van der Waals surface area contributed by atoms with Gasteiger partial charge in [-0.25, -0.2) is 0 Å². The molecule has 5 heteroatoms. The number of rotatable bonds is 2. The van der Waals surface area contributed by atoms with Gasteiger partial charge in [-0.2, -0.15) is 0 Å². The normalized spacial score (nSPS) is 33.4. The van der Waals surface area contributed by atoms with Crippen molar-refractivity contribution in [1.29, 1.82) is 0 Å². The second-order valence-corrected chi connectivity index (χ2v) is 3.93. The first-order chi connectivity index (χ1) is 6.46. The third kappa shape index (κ3) is 2.23. The molecule has 1 rings (SSSR count). The van der Waals surface area contributed by atoms with Gasteiger partial charge in [-0.15, -0.1) is 0 Å². The van der Waals surface area contributed by atoms with Crippen molar-refractivity contribution in [3.63, 3.8) is 0 Å². The minimum atomic E-state index is -1.22. The van der Waals surface area contributed by atoms with Crippen LogP contribution in [0, 0.1) is 5.92 Å². The van der Waals surface area contributed by atoms with Crippen LogP contribution in [0.15, 0.2) is 0 Å². The summed E-state index contributed by atoms with van der Waals surface area (Å²) in [6.45, 7) is 0. The largest absolute Gasteiger partial charge is 0.481 e. The summed E-state index contributed by atoms with van der Waals surface area (Å²) >= 11 is 0. The number of hydrogen-bond acceptors (Lipinski definition) is 3. The highest BCUT2D eigenvalue weighted by Crippen LogP contribution is 2.29. The zero-order chi connectivity index (χ0) is 10.8. The lowest BCUT2D eigenvalue weighted by Gasteiger charge is -2.21. The molecule has 14 heavy (non-hydrogen) atoms. The zero-order valence-corrected chi connectivity index (χ0v) is 7.90. The molecule has 0 aromatic carbocycles. The molecule has 0 unspecified atom stereocenters. The number of carboxylic acid groups (broad SMARTS) is 2. The van der Waals surface area contributed by atoms with Crippen molar-refractivity contribution in [2.45, 2.75) is 37.6 Å². The lowest BCUT2D eigenvalue weighted by atomic mass is 9.91. The van der Waals surface area contributed by atoms with Crippen LogP contribution >= 0.6 is 0 Å². The summed E-state index contributed by atoms with van der Waals surface area (Å²) in [7, 11) is 0.